The van der Waals surface area contributed by atoms with Crippen LogP contribution in [0.2, 0.25) is 0 Å². The fourth-order valence-corrected chi connectivity index (χ4v) is 3.31. The van der Waals surface area contributed by atoms with E-state index in [-0.39, 0.29) is 49.2 Å². The highest BCUT2D eigenvalue weighted by Crippen LogP contribution is 2.25. The molecule has 0 aliphatic carbocycles. The van der Waals surface area contributed by atoms with E-state index in [1.807, 2.05) is 0 Å². The Labute approximate surface area is 170 Å². The molecular weight excluding hydrogens is 391 g/mol. The Morgan fingerprint density at radius 3 is 2.70 bits per heavy atom. The Hall–Kier alpha value is -3.82. The van der Waals surface area contributed by atoms with E-state index in [0.29, 0.717) is 11.5 Å². The summed E-state index contributed by atoms with van der Waals surface area (Å²) in [5.74, 6) is -0.874. The summed E-state index contributed by atoms with van der Waals surface area (Å²) >= 11 is 0. The fraction of sp³-hybridized carbons (Fsp3) is 0.250. The van der Waals surface area contributed by atoms with E-state index < -0.39 is 5.92 Å². The van der Waals surface area contributed by atoms with Gasteiger partial charge in [0.2, 0.25) is 11.8 Å². The molecule has 9 nitrogen and oxygen atoms in total. The van der Waals surface area contributed by atoms with Crippen molar-refractivity contribution in [3.63, 3.8) is 0 Å². The number of rotatable bonds is 6. The lowest BCUT2D eigenvalue weighted by atomic mass is 10.1. The molecule has 0 bridgehead atoms. The van der Waals surface area contributed by atoms with E-state index in [4.69, 9.17) is 0 Å². The van der Waals surface area contributed by atoms with Crippen LogP contribution in [0.3, 0.4) is 0 Å². The zero-order chi connectivity index (χ0) is 21.1. The number of anilines is 1. The SMILES string of the molecule is O=C(NCCn1nc(-n2cccn2)ccc1=O)C1CC(=O)N(c2ccc(F)cc2)C1. The maximum Gasteiger partial charge on any atom is 0.266 e. The van der Waals surface area contributed by atoms with Crippen LogP contribution in [-0.4, -0.2) is 44.5 Å². The minimum Gasteiger partial charge on any atom is -0.354 e. The second-order valence-electron chi connectivity index (χ2n) is 6.88. The van der Waals surface area contributed by atoms with Crippen molar-refractivity contribution < 1.29 is 14.0 Å². The normalized spacial score (nSPS) is 16.1. The van der Waals surface area contributed by atoms with Crippen LogP contribution in [0.25, 0.3) is 5.82 Å². The Balaban J connectivity index is 1.34. The molecule has 30 heavy (non-hydrogen) atoms. The Kier molecular flexibility index (Phi) is 5.38. The van der Waals surface area contributed by atoms with E-state index in [1.165, 1.54) is 44.6 Å². The molecular formula is C20H19FN6O3. The van der Waals surface area contributed by atoms with Crippen LogP contribution in [0.15, 0.2) is 59.7 Å². The van der Waals surface area contributed by atoms with Gasteiger partial charge in [-0.05, 0) is 36.4 Å². The van der Waals surface area contributed by atoms with Gasteiger partial charge in [0, 0.05) is 43.7 Å². The van der Waals surface area contributed by atoms with E-state index in [0.717, 1.165) is 0 Å². The van der Waals surface area contributed by atoms with Gasteiger partial charge in [-0.25, -0.2) is 13.8 Å². The topological polar surface area (TPSA) is 102 Å². The third-order valence-electron chi connectivity index (χ3n) is 4.85. The molecule has 1 saturated heterocycles. The average molecular weight is 410 g/mol. The van der Waals surface area contributed by atoms with E-state index in [2.05, 4.69) is 15.5 Å². The summed E-state index contributed by atoms with van der Waals surface area (Å²) in [6.07, 6.45) is 3.40. The Morgan fingerprint density at radius 1 is 1.17 bits per heavy atom. The van der Waals surface area contributed by atoms with Gasteiger partial charge in [-0.3, -0.25) is 14.4 Å². The largest absolute Gasteiger partial charge is 0.354 e. The minimum absolute atomic E-state index is 0.0796. The molecule has 4 rings (SSSR count). The summed E-state index contributed by atoms with van der Waals surface area (Å²) in [6, 6.07) is 10.3. The monoisotopic (exact) mass is 410 g/mol. The van der Waals surface area contributed by atoms with Gasteiger partial charge in [-0.2, -0.15) is 5.10 Å². The molecule has 10 heteroatoms. The molecule has 1 atom stereocenters. The van der Waals surface area contributed by atoms with E-state index in [1.54, 1.807) is 24.5 Å². The van der Waals surface area contributed by atoms with Gasteiger partial charge in [0.05, 0.1) is 12.5 Å². The summed E-state index contributed by atoms with van der Waals surface area (Å²) in [5, 5.41) is 11.1. The van der Waals surface area contributed by atoms with E-state index in [9.17, 15) is 18.8 Å². The van der Waals surface area contributed by atoms with Gasteiger partial charge in [0.25, 0.3) is 5.56 Å². The van der Waals surface area contributed by atoms with Crippen LogP contribution >= 0.6 is 0 Å². The van der Waals surface area contributed by atoms with Gasteiger partial charge in [0.1, 0.15) is 5.82 Å². The van der Waals surface area contributed by atoms with Crippen LogP contribution in [0.4, 0.5) is 10.1 Å². The van der Waals surface area contributed by atoms with Crippen molar-refractivity contribution in [1.29, 1.82) is 0 Å². The van der Waals surface area contributed by atoms with E-state index >= 15 is 0 Å². The Bertz CT molecular complexity index is 1110. The maximum atomic E-state index is 13.1. The van der Waals surface area contributed by atoms with Crippen LogP contribution in [0.1, 0.15) is 6.42 Å². The second-order valence-corrected chi connectivity index (χ2v) is 6.88. The standard InChI is InChI=1S/C20H19FN6O3/c21-15-2-4-16(5-3-15)25-13-14(12-19(25)29)20(30)22-9-11-27-18(28)7-6-17(24-27)26-10-1-8-23-26/h1-8,10,14H,9,11-13H2,(H,22,30). The Morgan fingerprint density at radius 2 is 1.97 bits per heavy atom. The number of hydrogen-bond acceptors (Lipinski definition) is 5. The molecule has 3 heterocycles. The molecule has 0 saturated carbocycles. The summed E-state index contributed by atoms with van der Waals surface area (Å²) in [4.78, 5) is 38.2. The van der Waals surface area contributed by atoms with Crippen molar-refractivity contribution in [1.82, 2.24) is 24.9 Å². The van der Waals surface area contributed by atoms with Crippen molar-refractivity contribution in [2.24, 2.45) is 5.92 Å². The summed E-state index contributed by atoms with van der Waals surface area (Å²) in [6.45, 7) is 0.598. The first-order valence-corrected chi connectivity index (χ1v) is 9.43. The number of nitrogens with one attached hydrogen (secondary N) is 1. The number of nitrogens with zero attached hydrogens (tertiary/aromatic N) is 5. The van der Waals surface area contributed by atoms with Crippen LogP contribution in [0.5, 0.6) is 0 Å². The first-order chi connectivity index (χ1) is 14.5. The predicted molar refractivity (Wildman–Crippen MR) is 105 cm³/mol. The second kappa shape index (κ2) is 8.27. The number of benzene rings is 1. The summed E-state index contributed by atoms with van der Waals surface area (Å²) in [7, 11) is 0. The number of hydrogen-bond donors (Lipinski definition) is 1. The molecule has 1 fully saturated rings. The summed E-state index contributed by atoms with van der Waals surface area (Å²) in [5.41, 5.74) is 0.265. The molecule has 2 amide bonds. The lowest BCUT2D eigenvalue weighted by Crippen LogP contribution is -2.36. The zero-order valence-electron chi connectivity index (χ0n) is 15.9. The highest BCUT2D eigenvalue weighted by Gasteiger charge is 2.34. The van der Waals surface area contributed by atoms with Crippen LogP contribution < -0.4 is 15.8 Å². The highest BCUT2D eigenvalue weighted by atomic mass is 19.1. The van der Waals surface area contributed by atoms with Gasteiger partial charge in [-0.1, -0.05) is 0 Å². The van der Waals surface area contributed by atoms with Crippen LogP contribution in [-0.2, 0) is 16.1 Å². The molecule has 0 spiro atoms. The molecule has 1 aromatic carbocycles. The molecule has 1 aliphatic heterocycles. The first kappa shape index (κ1) is 19.5. The number of amides is 2. The minimum atomic E-state index is -0.511. The highest BCUT2D eigenvalue weighted by molar-refractivity contribution is 6.00. The number of halogens is 1. The van der Waals surface area contributed by atoms with Crippen LogP contribution in [0, 0.1) is 11.7 Å². The molecule has 1 unspecified atom stereocenters. The smallest absolute Gasteiger partial charge is 0.266 e. The third-order valence-corrected chi connectivity index (χ3v) is 4.85. The van der Waals surface area contributed by atoms with Crippen molar-refractivity contribution in [3.8, 4) is 5.82 Å². The first-order valence-electron chi connectivity index (χ1n) is 9.43. The van der Waals surface area contributed by atoms with Gasteiger partial charge in [-0.15, -0.1) is 5.10 Å². The van der Waals surface area contributed by atoms with Crippen molar-refractivity contribution in [3.05, 3.63) is 71.0 Å². The third kappa shape index (κ3) is 4.12. The van der Waals surface area contributed by atoms with Crippen molar-refractivity contribution in [2.75, 3.05) is 18.0 Å². The van der Waals surface area contributed by atoms with Crippen molar-refractivity contribution >= 4 is 17.5 Å². The van der Waals surface area contributed by atoms with Crippen molar-refractivity contribution in [2.45, 2.75) is 13.0 Å². The number of carbonyl (C=O) groups excluding carboxylic acids is 2. The molecule has 0 radical (unpaired) electrons. The average Bonchev–Trinajstić information content (AvgIpc) is 3.40. The van der Waals surface area contributed by atoms with Gasteiger partial charge < -0.3 is 10.2 Å². The molecule has 1 N–H and O–H groups in total. The van der Waals surface area contributed by atoms with Gasteiger partial charge in [0.15, 0.2) is 5.82 Å². The maximum absolute atomic E-state index is 13.1. The molecule has 154 valence electrons. The lowest BCUT2D eigenvalue weighted by molar-refractivity contribution is -0.126. The zero-order valence-corrected chi connectivity index (χ0v) is 15.9. The molecule has 1 aliphatic rings. The number of aromatic nitrogens is 4. The van der Waals surface area contributed by atoms with Gasteiger partial charge >= 0.3 is 0 Å². The molecule has 2 aromatic heterocycles. The lowest BCUT2D eigenvalue weighted by Gasteiger charge is -2.16. The summed E-state index contributed by atoms with van der Waals surface area (Å²) < 4.78 is 15.9. The fourth-order valence-electron chi connectivity index (χ4n) is 3.31. The number of carbonyl (C=O) groups is 2. The predicted octanol–water partition coefficient (Wildman–Crippen LogP) is 0.737. The molecule has 3 aromatic rings. The quantitative estimate of drug-likeness (QED) is 0.646.